The van der Waals surface area contributed by atoms with Crippen molar-refractivity contribution in [3.63, 3.8) is 0 Å². The minimum atomic E-state index is -0.114. The zero-order valence-corrected chi connectivity index (χ0v) is 17.6. The Bertz CT molecular complexity index is 1130. The minimum Gasteiger partial charge on any atom is -0.493 e. The topological polar surface area (TPSA) is 51.2 Å². The second-order valence-corrected chi connectivity index (χ2v) is 8.87. The van der Waals surface area contributed by atoms with Crippen molar-refractivity contribution in [3.8, 4) is 5.75 Å². The van der Waals surface area contributed by atoms with Crippen molar-refractivity contribution in [1.82, 2.24) is 4.98 Å². The van der Waals surface area contributed by atoms with Crippen LogP contribution in [0.4, 0.5) is 5.69 Å². The number of benzene rings is 3. The Hall–Kier alpha value is -2.83. The summed E-state index contributed by atoms with van der Waals surface area (Å²) in [5.74, 6) is 1.61. The van der Waals surface area contributed by atoms with Gasteiger partial charge in [-0.1, -0.05) is 42.1 Å². The van der Waals surface area contributed by atoms with Gasteiger partial charge in [-0.25, -0.2) is 4.98 Å². The van der Waals surface area contributed by atoms with Crippen LogP contribution in [0.25, 0.3) is 10.2 Å². The van der Waals surface area contributed by atoms with E-state index < -0.39 is 0 Å². The van der Waals surface area contributed by atoms with Gasteiger partial charge in [-0.3, -0.25) is 4.79 Å². The fourth-order valence-corrected chi connectivity index (χ4v) is 4.82. The van der Waals surface area contributed by atoms with Gasteiger partial charge < -0.3 is 10.1 Å². The van der Waals surface area contributed by atoms with Crippen molar-refractivity contribution in [2.45, 2.75) is 11.3 Å². The molecule has 146 valence electrons. The summed E-state index contributed by atoms with van der Waals surface area (Å²) in [5, 5.41) is 2.95. The summed E-state index contributed by atoms with van der Waals surface area (Å²) in [6, 6.07) is 23.1. The number of aryl methyl sites for hydroxylation is 1. The molecule has 1 amide bonds. The first-order valence-corrected chi connectivity index (χ1v) is 11.1. The molecule has 0 unspecified atom stereocenters. The van der Waals surface area contributed by atoms with Crippen molar-refractivity contribution in [1.29, 1.82) is 0 Å². The lowest BCUT2D eigenvalue weighted by Gasteiger charge is -2.05. The lowest BCUT2D eigenvalue weighted by molar-refractivity contribution is 0.102. The Morgan fingerprint density at radius 1 is 1.07 bits per heavy atom. The number of nitrogens with one attached hydrogen (secondary N) is 1. The first kappa shape index (κ1) is 19.5. The summed E-state index contributed by atoms with van der Waals surface area (Å²) in [5.41, 5.74) is 3.54. The van der Waals surface area contributed by atoms with Crippen LogP contribution in [-0.2, 0) is 0 Å². The number of fused-ring (bicyclic) bond motifs is 1. The summed E-state index contributed by atoms with van der Waals surface area (Å²) in [7, 11) is 0. The maximum Gasteiger partial charge on any atom is 0.255 e. The minimum absolute atomic E-state index is 0.114. The molecule has 0 spiro atoms. The molecule has 0 atom stereocenters. The molecule has 0 saturated carbocycles. The number of ether oxygens (including phenoxy) is 1. The number of amides is 1. The number of rotatable bonds is 7. The highest BCUT2D eigenvalue weighted by Crippen LogP contribution is 2.31. The zero-order chi connectivity index (χ0) is 20.1. The van der Waals surface area contributed by atoms with Gasteiger partial charge in [-0.15, -0.1) is 11.3 Å². The molecule has 6 heteroatoms. The quantitative estimate of drug-likeness (QED) is 0.293. The molecular weight excluding hydrogens is 400 g/mol. The summed E-state index contributed by atoms with van der Waals surface area (Å²) in [6.45, 7) is 2.68. The Balaban J connectivity index is 1.35. The van der Waals surface area contributed by atoms with E-state index in [4.69, 9.17) is 4.74 Å². The fourth-order valence-electron chi connectivity index (χ4n) is 2.83. The number of carbonyl (C=O) groups is 1. The van der Waals surface area contributed by atoms with Crippen LogP contribution in [0.5, 0.6) is 5.75 Å². The number of aromatic nitrogens is 1. The van der Waals surface area contributed by atoms with Crippen molar-refractivity contribution >= 4 is 44.9 Å². The number of thiazole rings is 1. The van der Waals surface area contributed by atoms with Crippen LogP contribution < -0.4 is 10.1 Å². The Morgan fingerprint density at radius 2 is 1.93 bits per heavy atom. The molecule has 0 aliphatic rings. The van der Waals surface area contributed by atoms with Crippen LogP contribution >= 0.6 is 23.1 Å². The first-order valence-electron chi connectivity index (χ1n) is 9.27. The van der Waals surface area contributed by atoms with Gasteiger partial charge in [0.2, 0.25) is 0 Å². The number of carbonyl (C=O) groups excluding carboxylic acids is 1. The van der Waals surface area contributed by atoms with Gasteiger partial charge in [0, 0.05) is 17.0 Å². The highest BCUT2D eigenvalue weighted by atomic mass is 32.2. The molecular formula is C23H20N2O2S2. The van der Waals surface area contributed by atoms with E-state index in [1.54, 1.807) is 35.2 Å². The molecule has 4 rings (SSSR count). The SMILES string of the molecule is Cc1cccc(OCCSc2nc3ccc(NC(=O)c4ccccc4)cc3s2)c1. The van der Waals surface area contributed by atoms with Gasteiger partial charge in [-0.2, -0.15) is 0 Å². The molecule has 0 fully saturated rings. The van der Waals surface area contributed by atoms with Gasteiger partial charge in [-0.05, 0) is 55.0 Å². The highest BCUT2D eigenvalue weighted by molar-refractivity contribution is 8.01. The normalized spacial score (nSPS) is 10.8. The molecule has 3 aromatic carbocycles. The standard InChI is InChI=1S/C23H20N2O2S2/c1-16-6-5-9-19(14-16)27-12-13-28-23-25-20-11-10-18(15-21(20)29-23)24-22(26)17-7-3-2-4-8-17/h2-11,14-15H,12-13H2,1H3,(H,24,26). The second-order valence-electron chi connectivity index (χ2n) is 6.50. The van der Waals surface area contributed by atoms with Crippen LogP contribution in [0.2, 0.25) is 0 Å². The van der Waals surface area contributed by atoms with Gasteiger partial charge in [0.05, 0.1) is 16.8 Å². The second kappa shape index (κ2) is 9.11. The molecule has 0 aliphatic carbocycles. The molecule has 0 saturated heterocycles. The lowest BCUT2D eigenvalue weighted by Crippen LogP contribution is -2.11. The molecule has 0 bridgehead atoms. The molecule has 1 heterocycles. The maximum atomic E-state index is 12.3. The van der Waals surface area contributed by atoms with Crippen LogP contribution in [0, 0.1) is 6.92 Å². The Labute approximate surface area is 177 Å². The fraction of sp³-hybridized carbons (Fsp3) is 0.130. The van der Waals surface area contributed by atoms with Crippen molar-refractivity contribution in [3.05, 3.63) is 83.9 Å². The molecule has 29 heavy (non-hydrogen) atoms. The monoisotopic (exact) mass is 420 g/mol. The smallest absolute Gasteiger partial charge is 0.255 e. The number of thioether (sulfide) groups is 1. The molecule has 0 aliphatic heterocycles. The van der Waals surface area contributed by atoms with E-state index in [1.807, 2.05) is 54.6 Å². The van der Waals surface area contributed by atoms with Crippen molar-refractivity contribution < 1.29 is 9.53 Å². The average molecular weight is 421 g/mol. The Kier molecular flexibility index (Phi) is 6.12. The largest absolute Gasteiger partial charge is 0.493 e. The van der Waals surface area contributed by atoms with E-state index in [-0.39, 0.29) is 5.91 Å². The number of hydrogen-bond acceptors (Lipinski definition) is 5. The molecule has 1 N–H and O–H groups in total. The van der Waals surface area contributed by atoms with Crippen LogP contribution in [0.15, 0.2) is 77.1 Å². The van der Waals surface area contributed by atoms with Gasteiger partial charge >= 0.3 is 0 Å². The van der Waals surface area contributed by atoms with E-state index in [2.05, 4.69) is 23.3 Å². The van der Waals surface area contributed by atoms with Crippen molar-refractivity contribution in [2.24, 2.45) is 0 Å². The third-order valence-corrected chi connectivity index (χ3v) is 6.36. The van der Waals surface area contributed by atoms with Crippen molar-refractivity contribution in [2.75, 3.05) is 17.7 Å². The number of anilines is 1. The zero-order valence-electron chi connectivity index (χ0n) is 15.9. The van der Waals surface area contributed by atoms with Gasteiger partial charge in [0.15, 0.2) is 4.34 Å². The molecule has 1 aromatic heterocycles. The summed E-state index contributed by atoms with van der Waals surface area (Å²) in [6.07, 6.45) is 0. The van der Waals surface area contributed by atoms with E-state index in [9.17, 15) is 4.79 Å². The highest BCUT2D eigenvalue weighted by Gasteiger charge is 2.09. The van der Waals surface area contributed by atoms with E-state index >= 15 is 0 Å². The van der Waals surface area contributed by atoms with Crippen LogP contribution in [-0.4, -0.2) is 23.3 Å². The van der Waals surface area contributed by atoms with Crippen LogP contribution in [0.3, 0.4) is 0 Å². The molecule has 0 radical (unpaired) electrons. The third-order valence-electron chi connectivity index (χ3n) is 4.23. The third kappa shape index (κ3) is 5.16. The summed E-state index contributed by atoms with van der Waals surface area (Å²) < 4.78 is 7.85. The van der Waals surface area contributed by atoms with E-state index in [0.717, 1.165) is 31.7 Å². The number of hydrogen-bond donors (Lipinski definition) is 1. The van der Waals surface area contributed by atoms with Crippen LogP contribution in [0.1, 0.15) is 15.9 Å². The van der Waals surface area contributed by atoms with E-state index in [0.29, 0.717) is 12.2 Å². The summed E-state index contributed by atoms with van der Waals surface area (Å²) >= 11 is 3.31. The Morgan fingerprint density at radius 3 is 2.76 bits per heavy atom. The molecule has 4 aromatic rings. The van der Waals surface area contributed by atoms with E-state index in [1.165, 1.54) is 5.56 Å². The predicted molar refractivity (Wildman–Crippen MR) is 121 cm³/mol. The lowest BCUT2D eigenvalue weighted by atomic mass is 10.2. The predicted octanol–water partition coefficient (Wildman–Crippen LogP) is 6.03. The summed E-state index contributed by atoms with van der Waals surface area (Å²) in [4.78, 5) is 17.0. The first-order chi connectivity index (χ1) is 14.2. The number of nitrogens with zero attached hydrogens (tertiary/aromatic N) is 1. The van der Waals surface area contributed by atoms with Gasteiger partial charge in [0.1, 0.15) is 5.75 Å². The average Bonchev–Trinajstić information content (AvgIpc) is 3.14. The van der Waals surface area contributed by atoms with Gasteiger partial charge in [0.25, 0.3) is 5.91 Å². The maximum absolute atomic E-state index is 12.3. The molecule has 4 nitrogen and oxygen atoms in total.